The molecule has 33 heavy (non-hydrogen) atoms. The minimum absolute atomic E-state index is 0.122. The average molecular weight is 511 g/mol. The number of carbonyl (C=O) groups is 1. The molecule has 0 bridgehead atoms. The number of hydrogen-bond acceptors (Lipinski definition) is 7. The molecule has 1 heterocycles. The summed E-state index contributed by atoms with van der Waals surface area (Å²) >= 11 is 13.6. The zero-order chi connectivity index (χ0) is 24.0. The van der Waals surface area contributed by atoms with Crippen molar-refractivity contribution < 1.29 is 19.0 Å². The molecule has 0 radical (unpaired) electrons. The van der Waals surface area contributed by atoms with Gasteiger partial charge in [-0.2, -0.15) is 0 Å². The van der Waals surface area contributed by atoms with Gasteiger partial charge in [0.15, 0.2) is 11.0 Å². The molecule has 176 valence electrons. The fourth-order valence-electron chi connectivity index (χ4n) is 2.99. The summed E-state index contributed by atoms with van der Waals surface area (Å²) in [7, 11) is 3.00. The predicted molar refractivity (Wildman–Crippen MR) is 130 cm³/mol. The van der Waals surface area contributed by atoms with E-state index < -0.39 is 0 Å². The van der Waals surface area contributed by atoms with E-state index in [9.17, 15) is 4.79 Å². The van der Waals surface area contributed by atoms with Crippen molar-refractivity contribution in [2.24, 2.45) is 0 Å². The second kappa shape index (κ2) is 11.5. The van der Waals surface area contributed by atoms with E-state index in [0.717, 1.165) is 5.56 Å². The van der Waals surface area contributed by atoms with Gasteiger partial charge in [0.1, 0.15) is 23.9 Å². The van der Waals surface area contributed by atoms with E-state index in [1.165, 1.54) is 26.0 Å². The van der Waals surface area contributed by atoms with Crippen molar-refractivity contribution >= 4 is 46.6 Å². The van der Waals surface area contributed by atoms with E-state index in [2.05, 4.69) is 15.5 Å². The molecule has 0 aliphatic rings. The molecule has 3 rings (SSSR count). The first kappa shape index (κ1) is 25.0. The van der Waals surface area contributed by atoms with Gasteiger partial charge in [-0.3, -0.25) is 4.79 Å². The fourth-order valence-corrected chi connectivity index (χ4v) is 4.21. The number of rotatable bonds is 10. The molecule has 2 aromatic carbocycles. The highest BCUT2D eigenvalue weighted by Crippen LogP contribution is 2.36. The molecule has 3 aromatic rings. The highest BCUT2D eigenvalue weighted by molar-refractivity contribution is 7.99. The Bertz CT molecular complexity index is 1140. The summed E-state index contributed by atoms with van der Waals surface area (Å²) < 4.78 is 18.2. The van der Waals surface area contributed by atoms with Crippen LogP contribution in [0.5, 0.6) is 17.2 Å². The molecule has 0 unspecified atom stereocenters. The molecule has 0 aliphatic carbocycles. The van der Waals surface area contributed by atoms with Crippen LogP contribution in [-0.2, 0) is 17.9 Å². The van der Waals surface area contributed by atoms with Gasteiger partial charge >= 0.3 is 0 Å². The Hall–Kier alpha value is -2.62. The number of anilines is 1. The highest BCUT2D eigenvalue weighted by Gasteiger charge is 2.16. The first-order valence-corrected chi connectivity index (χ1v) is 11.8. The Morgan fingerprint density at radius 1 is 1.06 bits per heavy atom. The number of hydrogen-bond donors (Lipinski definition) is 1. The van der Waals surface area contributed by atoms with E-state index >= 15 is 0 Å². The first-order valence-electron chi connectivity index (χ1n) is 10.0. The van der Waals surface area contributed by atoms with Crippen molar-refractivity contribution in [3.05, 3.63) is 51.8 Å². The van der Waals surface area contributed by atoms with Crippen LogP contribution < -0.4 is 19.5 Å². The molecule has 0 saturated carbocycles. The van der Waals surface area contributed by atoms with Crippen molar-refractivity contribution in [1.82, 2.24) is 14.8 Å². The number of aryl methyl sites for hydroxylation is 1. The lowest BCUT2D eigenvalue weighted by Crippen LogP contribution is -2.15. The van der Waals surface area contributed by atoms with Crippen molar-refractivity contribution in [1.29, 1.82) is 0 Å². The number of ether oxygens (including phenoxy) is 3. The maximum atomic E-state index is 12.6. The second-order valence-electron chi connectivity index (χ2n) is 6.89. The van der Waals surface area contributed by atoms with E-state index in [4.69, 9.17) is 37.4 Å². The highest BCUT2D eigenvalue weighted by atomic mass is 35.5. The summed E-state index contributed by atoms with van der Waals surface area (Å²) in [5.41, 5.74) is 1.51. The van der Waals surface area contributed by atoms with Crippen molar-refractivity contribution in [3.8, 4) is 17.2 Å². The Labute approximate surface area is 206 Å². The summed E-state index contributed by atoms with van der Waals surface area (Å²) in [5.74, 6) is 1.98. The maximum Gasteiger partial charge on any atom is 0.234 e. The smallest absolute Gasteiger partial charge is 0.234 e. The maximum absolute atomic E-state index is 12.6. The number of benzene rings is 2. The molecular weight excluding hydrogens is 487 g/mol. The summed E-state index contributed by atoms with van der Waals surface area (Å²) in [6.45, 7) is 4.77. The van der Waals surface area contributed by atoms with Crippen molar-refractivity contribution in [3.63, 3.8) is 0 Å². The normalized spacial score (nSPS) is 10.7. The number of methoxy groups -OCH3 is 2. The molecule has 0 saturated heterocycles. The number of carbonyl (C=O) groups excluding carboxylic acids is 1. The lowest BCUT2D eigenvalue weighted by Gasteiger charge is -2.13. The quantitative estimate of drug-likeness (QED) is 0.373. The molecular formula is C22H24Cl2N4O4S. The molecule has 1 N–H and O–H groups in total. The van der Waals surface area contributed by atoms with Gasteiger partial charge in [0, 0.05) is 18.7 Å². The number of halogens is 2. The van der Waals surface area contributed by atoms with E-state index in [-0.39, 0.29) is 18.3 Å². The summed E-state index contributed by atoms with van der Waals surface area (Å²) in [5, 5.41) is 12.8. The van der Waals surface area contributed by atoms with Crippen LogP contribution in [0.15, 0.2) is 35.5 Å². The lowest BCUT2D eigenvalue weighted by atomic mass is 10.2. The number of amides is 1. The Balaban J connectivity index is 1.64. The zero-order valence-electron chi connectivity index (χ0n) is 18.6. The van der Waals surface area contributed by atoms with Gasteiger partial charge in [0.05, 0.1) is 35.7 Å². The lowest BCUT2D eigenvalue weighted by molar-refractivity contribution is -0.113. The molecule has 0 fully saturated rings. The topological polar surface area (TPSA) is 87.5 Å². The van der Waals surface area contributed by atoms with E-state index in [0.29, 0.717) is 50.5 Å². The van der Waals surface area contributed by atoms with Gasteiger partial charge in [0.25, 0.3) is 0 Å². The third-order valence-corrected chi connectivity index (χ3v) is 6.21. The number of aromatic nitrogens is 3. The van der Waals surface area contributed by atoms with Gasteiger partial charge in [-0.05, 0) is 31.5 Å². The number of thioether (sulfide) groups is 1. The fraction of sp³-hybridized carbons (Fsp3) is 0.318. The second-order valence-corrected chi connectivity index (χ2v) is 8.65. The third-order valence-electron chi connectivity index (χ3n) is 4.63. The minimum atomic E-state index is -0.238. The molecule has 0 aliphatic heterocycles. The molecule has 1 aromatic heterocycles. The zero-order valence-corrected chi connectivity index (χ0v) is 21.0. The monoisotopic (exact) mass is 510 g/mol. The van der Waals surface area contributed by atoms with Crippen molar-refractivity contribution in [2.45, 2.75) is 32.2 Å². The Morgan fingerprint density at radius 2 is 1.82 bits per heavy atom. The minimum Gasteiger partial charge on any atom is -0.495 e. The largest absolute Gasteiger partial charge is 0.495 e. The molecule has 1 amide bonds. The molecule has 11 heteroatoms. The summed E-state index contributed by atoms with van der Waals surface area (Å²) in [6.07, 6.45) is 0. The van der Waals surface area contributed by atoms with Crippen LogP contribution in [0.3, 0.4) is 0 Å². The van der Waals surface area contributed by atoms with Crippen LogP contribution in [0.1, 0.15) is 18.3 Å². The SMILES string of the molecule is CCn1c(COc2cc(C)ccc2Cl)nnc1SCC(=O)Nc1cc(OC)c(Cl)cc1OC. The van der Waals surface area contributed by atoms with Crippen LogP contribution in [0, 0.1) is 6.92 Å². The predicted octanol–water partition coefficient (Wildman–Crippen LogP) is 5.24. The Morgan fingerprint density at radius 3 is 2.52 bits per heavy atom. The summed E-state index contributed by atoms with van der Waals surface area (Å²) in [6, 6.07) is 8.78. The van der Waals surface area contributed by atoms with Gasteiger partial charge in [-0.15, -0.1) is 10.2 Å². The Kier molecular flexibility index (Phi) is 8.71. The van der Waals surface area contributed by atoms with Crippen molar-refractivity contribution in [2.75, 3.05) is 25.3 Å². The molecule has 8 nitrogen and oxygen atoms in total. The van der Waals surface area contributed by atoms with Gasteiger partial charge in [-0.25, -0.2) is 0 Å². The van der Waals surface area contributed by atoms with Crippen LogP contribution >= 0.6 is 35.0 Å². The number of nitrogens with zero attached hydrogens (tertiary/aromatic N) is 3. The van der Waals surface area contributed by atoms with Crippen LogP contribution in [-0.4, -0.2) is 40.6 Å². The van der Waals surface area contributed by atoms with E-state index in [1.807, 2.05) is 30.5 Å². The average Bonchev–Trinajstić information content (AvgIpc) is 3.20. The van der Waals surface area contributed by atoms with Gasteiger partial charge < -0.3 is 24.1 Å². The van der Waals surface area contributed by atoms with Gasteiger partial charge in [-0.1, -0.05) is 41.0 Å². The first-order chi connectivity index (χ1) is 15.9. The van der Waals surface area contributed by atoms with Gasteiger partial charge in [0.2, 0.25) is 5.91 Å². The number of nitrogens with one attached hydrogen (secondary N) is 1. The van der Waals surface area contributed by atoms with Crippen LogP contribution in [0.2, 0.25) is 10.0 Å². The summed E-state index contributed by atoms with van der Waals surface area (Å²) in [4.78, 5) is 12.6. The standard InChI is InChI=1S/C22H24Cl2N4O4S/c1-5-28-20(11-32-18-8-13(2)6-7-14(18)23)26-27-22(28)33-12-21(29)25-16-10-17(30-3)15(24)9-19(16)31-4/h6-10H,5,11-12H2,1-4H3,(H,25,29). The van der Waals surface area contributed by atoms with Crippen LogP contribution in [0.25, 0.3) is 0 Å². The third kappa shape index (κ3) is 6.25. The molecule has 0 spiro atoms. The van der Waals surface area contributed by atoms with Crippen LogP contribution in [0.4, 0.5) is 5.69 Å². The molecule has 0 atom stereocenters. The van der Waals surface area contributed by atoms with E-state index in [1.54, 1.807) is 18.2 Å².